The van der Waals surface area contributed by atoms with E-state index in [1.54, 1.807) is 13.2 Å². The molecule has 1 fully saturated rings. The first-order valence-electron chi connectivity index (χ1n) is 8.08. The van der Waals surface area contributed by atoms with Crippen molar-refractivity contribution in [2.24, 2.45) is 5.92 Å². The predicted molar refractivity (Wildman–Crippen MR) is 83.1 cm³/mol. The molecule has 0 saturated carbocycles. The van der Waals surface area contributed by atoms with Gasteiger partial charge in [-0.15, -0.1) is 0 Å². The van der Waals surface area contributed by atoms with Crippen LogP contribution in [0, 0.1) is 11.7 Å². The van der Waals surface area contributed by atoms with Crippen molar-refractivity contribution in [1.29, 1.82) is 0 Å². The molecule has 0 aromatic heterocycles. The van der Waals surface area contributed by atoms with Crippen LogP contribution in [0.4, 0.5) is 4.39 Å². The van der Waals surface area contributed by atoms with Crippen LogP contribution in [0.3, 0.4) is 0 Å². The van der Waals surface area contributed by atoms with E-state index in [0.717, 1.165) is 43.5 Å². The van der Waals surface area contributed by atoms with Crippen LogP contribution in [0.5, 0.6) is 0 Å². The number of ether oxygens (including phenoxy) is 1. The van der Waals surface area contributed by atoms with Crippen LogP contribution in [0.2, 0.25) is 0 Å². The first-order valence-corrected chi connectivity index (χ1v) is 8.08. The van der Waals surface area contributed by atoms with Crippen molar-refractivity contribution in [2.45, 2.75) is 44.6 Å². The number of piperidine rings is 1. The van der Waals surface area contributed by atoms with Gasteiger partial charge in [0.05, 0.1) is 6.10 Å². The Kier molecular flexibility index (Phi) is 3.98. The molecule has 0 unspecified atom stereocenters. The number of nitrogens with zero attached hydrogens (tertiary/aromatic N) is 1. The van der Waals surface area contributed by atoms with Crippen molar-refractivity contribution < 1.29 is 13.9 Å². The van der Waals surface area contributed by atoms with Crippen LogP contribution in [0.25, 0.3) is 0 Å². The number of carbonyl (C=O) groups excluding carboxylic acids is 1. The zero-order chi connectivity index (χ0) is 15.9. The van der Waals surface area contributed by atoms with Crippen LogP contribution in [0.1, 0.15) is 50.3 Å². The van der Waals surface area contributed by atoms with E-state index < -0.39 is 0 Å². The molecule has 1 aromatic rings. The van der Waals surface area contributed by atoms with Crippen molar-refractivity contribution in [1.82, 2.24) is 4.90 Å². The van der Waals surface area contributed by atoms with Crippen molar-refractivity contribution in [2.75, 3.05) is 20.2 Å². The van der Waals surface area contributed by atoms with E-state index in [9.17, 15) is 9.18 Å². The van der Waals surface area contributed by atoms with E-state index >= 15 is 0 Å². The fourth-order valence-electron chi connectivity index (χ4n) is 4.05. The average Bonchev–Trinajstić information content (AvgIpc) is 2.81. The molecular formula is C18H24FNO2. The third kappa shape index (κ3) is 2.43. The second-order valence-corrected chi connectivity index (χ2v) is 6.92. The van der Waals surface area contributed by atoms with Gasteiger partial charge in [-0.25, -0.2) is 4.39 Å². The van der Waals surface area contributed by atoms with Gasteiger partial charge >= 0.3 is 0 Å². The summed E-state index contributed by atoms with van der Waals surface area (Å²) >= 11 is 0. The molecular weight excluding hydrogens is 281 g/mol. The molecule has 1 heterocycles. The van der Waals surface area contributed by atoms with Gasteiger partial charge in [0.2, 0.25) is 5.91 Å². The number of fused-ring (bicyclic) bond motifs is 2. The zero-order valence-electron chi connectivity index (χ0n) is 13.6. The Bertz CT molecular complexity index is 576. The Morgan fingerprint density at radius 1 is 1.36 bits per heavy atom. The summed E-state index contributed by atoms with van der Waals surface area (Å²) in [4.78, 5) is 14.1. The SMILES string of the molecule is CO[C@H]1CC2(CCN(C(=O)C(C)C)CC2)c2cc(F)ccc21. The summed E-state index contributed by atoms with van der Waals surface area (Å²) in [6, 6.07) is 5.05. The number of likely N-dealkylation sites (tertiary alicyclic amines) is 1. The lowest BCUT2D eigenvalue weighted by atomic mass is 9.73. The zero-order valence-corrected chi connectivity index (χ0v) is 13.6. The maximum atomic E-state index is 13.7. The third-order valence-electron chi connectivity index (χ3n) is 5.32. The number of hydrogen-bond donors (Lipinski definition) is 0. The molecule has 3 rings (SSSR count). The fourth-order valence-corrected chi connectivity index (χ4v) is 4.05. The minimum absolute atomic E-state index is 0.0358. The Balaban J connectivity index is 1.85. The van der Waals surface area contributed by atoms with Gasteiger partial charge in [0.1, 0.15) is 5.82 Å². The Morgan fingerprint density at radius 3 is 2.64 bits per heavy atom. The molecule has 22 heavy (non-hydrogen) atoms. The molecule has 3 nitrogen and oxygen atoms in total. The number of hydrogen-bond acceptors (Lipinski definition) is 2. The summed E-state index contributed by atoms with van der Waals surface area (Å²) in [5.74, 6) is 0.0697. The van der Waals surface area contributed by atoms with Crippen molar-refractivity contribution in [3.05, 3.63) is 35.1 Å². The molecule has 120 valence electrons. The smallest absolute Gasteiger partial charge is 0.225 e. The number of benzene rings is 1. The highest BCUT2D eigenvalue weighted by Gasteiger charge is 2.46. The van der Waals surface area contributed by atoms with Gasteiger partial charge < -0.3 is 9.64 Å². The first-order chi connectivity index (χ1) is 10.5. The summed E-state index contributed by atoms with van der Waals surface area (Å²) < 4.78 is 19.4. The van der Waals surface area contributed by atoms with E-state index in [1.807, 2.05) is 24.8 Å². The Hall–Kier alpha value is -1.42. The normalized spacial score (nSPS) is 23.1. The van der Waals surface area contributed by atoms with Gasteiger partial charge in [-0.2, -0.15) is 0 Å². The van der Waals surface area contributed by atoms with E-state index in [2.05, 4.69) is 0 Å². The highest BCUT2D eigenvalue weighted by Crippen LogP contribution is 2.52. The van der Waals surface area contributed by atoms with Gasteiger partial charge in [0.15, 0.2) is 0 Å². The van der Waals surface area contributed by atoms with Crippen LogP contribution >= 0.6 is 0 Å². The molecule has 1 aromatic carbocycles. The molecule has 1 amide bonds. The van der Waals surface area contributed by atoms with Crippen molar-refractivity contribution in [3.63, 3.8) is 0 Å². The summed E-state index contributed by atoms with van der Waals surface area (Å²) in [7, 11) is 1.72. The van der Waals surface area contributed by atoms with E-state index in [-0.39, 0.29) is 29.2 Å². The summed E-state index contributed by atoms with van der Waals surface area (Å²) in [5.41, 5.74) is 2.18. The quantitative estimate of drug-likeness (QED) is 0.838. The predicted octanol–water partition coefficient (Wildman–Crippen LogP) is 3.43. The van der Waals surface area contributed by atoms with Crippen LogP contribution < -0.4 is 0 Å². The van der Waals surface area contributed by atoms with Gasteiger partial charge in [0.25, 0.3) is 0 Å². The summed E-state index contributed by atoms with van der Waals surface area (Å²) in [5, 5.41) is 0. The summed E-state index contributed by atoms with van der Waals surface area (Å²) in [6.07, 6.45) is 2.72. The van der Waals surface area contributed by atoms with Crippen LogP contribution in [-0.4, -0.2) is 31.0 Å². The second-order valence-electron chi connectivity index (χ2n) is 6.92. The maximum absolute atomic E-state index is 13.7. The minimum Gasteiger partial charge on any atom is -0.377 e. The molecule has 1 saturated heterocycles. The van der Waals surface area contributed by atoms with Gasteiger partial charge in [-0.05, 0) is 42.5 Å². The molecule has 0 radical (unpaired) electrons. The standard InChI is InChI=1S/C18H24FNO2/c1-12(2)17(21)20-8-6-18(7-9-20)11-16(22-3)14-5-4-13(19)10-15(14)18/h4-5,10,12,16H,6-9,11H2,1-3H3/t16-/m0/s1. The maximum Gasteiger partial charge on any atom is 0.225 e. The number of amides is 1. The highest BCUT2D eigenvalue weighted by atomic mass is 19.1. The molecule has 1 aliphatic carbocycles. The van der Waals surface area contributed by atoms with Crippen molar-refractivity contribution >= 4 is 5.91 Å². The highest BCUT2D eigenvalue weighted by molar-refractivity contribution is 5.78. The van der Waals surface area contributed by atoms with E-state index in [1.165, 1.54) is 6.07 Å². The molecule has 2 aliphatic rings. The fraction of sp³-hybridized carbons (Fsp3) is 0.611. The molecule has 4 heteroatoms. The van der Waals surface area contributed by atoms with Crippen LogP contribution in [0.15, 0.2) is 18.2 Å². The Morgan fingerprint density at radius 2 is 2.05 bits per heavy atom. The number of carbonyl (C=O) groups is 1. The summed E-state index contributed by atoms with van der Waals surface area (Å²) in [6.45, 7) is 5.38. The second kappa shape index (κ2) is 5.65. The molecule has 0 bridgehead atoms. The largest absolute Gasteiger partial charge is 0.377 e. The number of rotatable bonds is 2. The van der Waals surface area contributed by atoms with E-state index in [4.69, 9.17) is 4.74 Å². The van der Waals surface area contributed by atoms with Gasteiger partial charge in [-0.1, -0.05) is 19.9 Å². The lowest BCUT2D eigenvalue weighted by Crippen LogP contribution is -2.45. The molecule has 1 atom stereocenters. The van der Waals surface area contributed by atoms with Crippen LogP contribution in [-0.2, 0) is 14.9 Å². The first kappa shape index (κ1) is 15.5. The topological polar surface area (TPSA) is 29.5 Å². The number of halogens is 1. The monoisotopic (exact) mass is 305 g/mol. The Labute approximate surface area is 131 Å². The lowest BCUT2D eigenvalue weighted by molar-refractivity contribution is -0.136. The molecule has 1 spiro atoms. The van der Waals surface area contributed by atoms with E-state index in [0.29, 0.717) is 0 Å². The molecule has 1 aliphatic heterocycles. The minimum atomic E-state index is -0.185. The lowest BCUT2D eigenvalue weighted by Gasteiger charge is -2.40. The molecule has 0 N–H and O–H groups in total. The number of methoxy groups -OCH3 is 1. The third-order valence-corrected chi connectivity index (χ3v) is 5.32. The average molecular weight is 305 g/mol. The van der Waals surface area contributed by atoms with Gasteiger partial charge in [-0.3, -0.25) is 4.79 Å². The van der Waals surface area contributed by atoms with Crippen molar-refractivity contribution in [3.8, 4) is 0 Å². The van der Waals surface area contributed by atoms with Gasteiger partial charge in [0, 0.05) is 31.5 Å².